The van der Waals surface area contributed by atoms with Crippen LogP contribution in [0.25, 0.3) is 0 Å². The van der Waals surface area contributed by atoms with Gasteiger partial charge in [-0.2, -0.15) is 4.31 Å². The van der Waals surface area contributed by atoms with Gasteiger partial charge in [0, 0.05) is 24.7 Å². The molecule has 0 radical (unpaired) electrons. The fourth-order valence-electron chi connectivity index (χ4n) is 1.95. The maximum absolute atomic E-state index is 12.6. The SMILES string of the molecule is CN(Cc1ccccc1Cl)S(=O)(=O)c1ccccc1[N+](=O)[O-]. The topological polar surface area (TPSA) is 80.5 Å². The van der Waals surface area contributed by atoms with Gasteiger partial charge in [-0.1, -0.05) is 41.9 Å². The monoisotopic (exact) mass is 340 g/mol. The lowest BCUT2D eigenvalue weighted by Gasteiger charge is -2.17. The molecule has 0 aromatic heterocycles. The third kappa shape index (κ3) is 3.27. The van der Waals surface area contributed by atoms with E-state index in [1.807, 2.05) is 0 Å². The zero-order chi connectivity index (χ0) is 16.3. The lowest BCUT2D eigenvalue weighted by Crippen LogP contribution is -2.27. The van der Waals surface area contributed by atoms with E-state index in [0.29, 0.717) is 10.6 Å². The molecule has 0 atom stereocenters. The highest BCUT2D eigenvalue weighted by atomic mass is 35.5. The summed E-state index contributed by atoms with van der Waals surface area (Å²) in [4.78, 5) is 9.95. The molecule has 0 aliphatic rings. The van der Waals surface area contributed by atoms with Crippen LogP contribution in [0.4, 0.5) is 5.69 Å². The van der Waals surface area contributed by atoms with Gasteiger partial charge in [0.15, 0.2) is 4.90 Å². The van der Waals surface area contributed by atoms with Gasteiger partial charge < -0.3 is 0 Å². The number of halogens is 1. The maximum Gasteiger partial charge on any atom is 0.289 e. The number of nitro groups is 1. The molecule has 0 aliphatic carbocycles. The average Bonchev–Trinajstić information content (AvgIpc) is 2.49. The number of rotatable bonds is 5. The van der Waals surface area contributed by atoms with Crippen molar-refractivity contribution in [3.8, 4) is 0 Å². The highest BCUT2D eigenvalue weighted by molar-refractivity contribution is 7.89. The summed E-state index contributed by atoms with van der Waals surface area (Å²) in [5.74, 6) is 0. The van der Waals surface area contributed by atoms with E-state index in [0.717, 1.165) is 10.4 Å². The Morgan fingerprint density at radius 3 is 2.36 bits per heavy atom. The van der Waals surface area contributed by atoms with Crippen molar-refractivity contribution >= 4 is 27.3 Å². The maximum atomic E-state index is 12.6. The molecular formula is C14H13ClN2O4S. The zero-order valence-corrected chi connectivity index (χ0v) is 13.2. The summed E-state index contributed by atoms with van der Waals surface area (Å²) in [6, 6.07) is 12.1. The second kappa shape index (κ2) is 6.43. The van der Waals surface area contributed by atoms with Crippen LogP contribution in [-0.2, 0) is 16.6 Å². The molecule has 0 heterocycles. The first-order valence-corrected chi connectivity index (χ1v) is 8.09. The molecule has 0 spiro atoms. The minimum absolute atomic E-state index is 0.0219. The molecule has 0 unspecified atom stereocenters. The molecule has 2 aromatic rings. The molecule has 0 fully saturated rings. The molecule has 0 N–H and O–H groups in total. The number of sulfonamides is 1. The summed E-state index contributed by atoms with van der Waals surface area (Å²) in [7, 11) is -2.64. The first-order valence-electron chi connectivity index (χ1n) is 6.27. The average molecular weight is 341 g/mol. The number of hydrogen-bond acceptors (Lipinski definition) is 4. The predicted molar refractivity (Wildman–Crippen MR) is 83.2 cm³/mol. The number of hydrogen-bond donors (Lipinski definition) is 0. The molecule has 8 heteroatoms. The molecule has 22 heavy (non-hydrogen) atoms. The van der Waals surface area contributed by atoms with Crippen LogP contribution >= 0.6 is 11.6 Å². The fraction of sp³-hybridized carbons (Fsp3) is 0.143. The smallest absolute Gasteiger partial charge is 0.258 e. The summed E-state index contributed by atoms with van der Waals surface area (Å²) in [6.07, 6.45) is 0. The predicted octanol–water partition coefficient (Wildman–Crippen LogP) is 3.07. The van der Waals surface area contributed by atoms with E-state index in [1.165, 1.54) is 25.2 Å². The van der Waals surface area contributed by atoms with Crippen molar-refractivity contribution < 1.29 is 13.3 Å². The highest BCUT2D eigenvalue weighted by Crippen LogP contribution is 2.27. The molecule has 0 saturated heterocycles. The summed E-state index contributed by atoms with van der Waals surface area (Å²) in [6.45, 7) is 0.0219. The van der Waals surface area contributed by atoms with Crippen molar-refractivity contribution in [3.63, 3.8) is 0 Å². The van der Waals surface area contributed by atoms with E-state index in [1.54, 1.807) is 24.3 Å². The Balaban J connectivity index is 2.39. The Bertz CT molecular complexity index is 808. The van der Waals surface area contributed by atoms with E-state index in [-0.39, 0.29) is 11.4 Å². The number of para-hydroxylation sites is 1. The fourth-order valence-corrected chi connectivity index (χ4v) is 3.44. The normalized spacial score (nSPS) is 11.6. The number of nitrogens with zero attached hydrogens (tertiary/aromatic N) is 2. The van der Waals surface area contributed by atoms with Crippen LogP contribution in [0.5, 0.6) is 0 Å². The van der Waals surface area contributed by atoms with Crippen LogP contribution < -0.4 is 0 Å². The number of nitro benzene ring substituents is 1. The Morgan fingerprint density at radius 1 is 1.14 bits per heavy atom. The van der Waals surface area contributed by atoms with Gasteiger partial charge in [-0.25, -0.2) is 8.42 Å². The van der Waals surface area contributed by atoms with E-state index in [2.05, 4.69) is 0 Å². The molecule has 2 rings (SSSR count). The van der Waals surface area contributed by atoms with Crippen LogP contribution in [-0.4, -0.2) is 24.7 Å². The summed E-state index contributed by atoms with van der Waals surface area (Å²) < 4.78 is 26.1. The second-order valence-electron chi connectivity index (χ2n) is 4.58. The summed E-state index contributed by atoms with van der Waals surface area (Å²) in [5.41, 5.74) is 0.169. The molecule has 2 aromatic carbocycles. The third-order valence-electron chi connectivity index (χ3n) is 3.10. The zero-order valence-electron chi connectivity index (χ0n) is 11.6. The van der Waals surface area contributed by atoms with Crippen LogP contribution in [0.15, 0.2) is 53.4 Å². The number of benzene rings is 2. The van der Waals surface area contributed by atoms with Crippen LogP contribution in [0.1, 0.15) is 5.56 Å². The lowest BCUT2D eigenvalue weighted by molar-refractivity contribution is -0.387. The summed E-state index contributed by atoms with van der Waals surface area (Å²) in [5, 5.41) is 11.4. The lowest BCUT2D eigenvalue weighted by atomic mass is 10.2. The first-order chi connectivity index (χ1) is 10.3. The standard InChI is InChI=1S/C14H13ClN2O4S/c1-16(10-11-6-2-3-7-12(11)15)22(20,21)14-9-5-4-8-13(14)17(18)19/h2-9H,10H2,1H3. The van der Waals surface area contributed by atoms with Crippen molar-refractivity contribution in [2.75, 3.05) is 7.05 Å². The van der Waals surface area contributed by atoms with Crippen LogP contribution in [0.2, 0.25) is 5.02 Å². The van der Waals surface area contributed by atoms with Crippen molar-refractivity contribution in [2.24, 2.45) is 0 Å². The largest absolute Gasteiger partial charge is 0.289 e. The quantitative estimate of drug-likeness (QED) is 0.618. The van der Waals surface area contributed by atoms with E-state index >= 15 is 0 Å². The second-order valence-corrected chi connectivity index (χ2v) is 7.00. The van der Waals surface area contributed by atoms with Gasteiger partial charge in [-0.05, 0) is 17.7 Å². The molecule has 0 amide bonds. The van der Waals surface area contributed by atoms with Crippen molar-refractivity contribution in [1.29, 1.82) is 0 Å². The van der Waals surface area contributed by atoms with Crippen molar-refractivity contribution in [1.82, 2.24) is 4.31 Å². The Morgan fingerprint density at radius 2 is 1.73 bits per heavy atom. The van der Waals surface area contributed by atoms with Gasteiger partial charge in [0.25, 0.3) is 5.69 Å². The van der Waals surface area contributed by atoms with E-state index in [4.69, 9.17) is 11.6 Å². The van der Waals surface area contributed by atoms with Crippen molar-refractivity contribution in [2.45, 2.75) is 11.4 Å². The third-order valence-corrected chi connectivity index (χ3v) is 5.32. The van der Waals surface area contributed by atoms with Crippen LogP contribution in [0.3, 0.4) is 0 Å². The molecule has 0 bridgehead atoms. The highest BCUT2D eigenvalue weighted by Gasteiger charge is 2.29. The molecular weight excluding hydrogens is 328 g/mol. The molecule has 0 aliphatic heterocycles. The molecule has 116 valence electrons. The van der Waals surface area contributed by atoms with Crippen molar-refractivity contribution in [3.05, 3.63) is 69.2 Å². The van der Waals surface area contributed by atoms with E-state index < -0.39 is 20.6 Å². The Kier molecular flexibility index (Phi) is 4.80. The van der Waals surface area contributed by atoms with E-state index in [9.17, 15) is 18.5 Å². The first kappa shape index (κ1) is 16.4. The van der Waals surface area contributed by atoms with Gasteiger partial charge in [0.05, 0.1) is 4.92 Å². The van der Waals surface area contributed by atoms with Gasteiger partial charge in [-0.3, -0.25) is 10.1 Å². The van der Waals surface area contributed by atoms with Crippen LogP contribution in [0, 0.1) is 10.1 Å². The van der Waals surface area contributed by atoms with Gasteiger partial charge in [0.2, 0.25) is 10.0 Å². The van der Waals surface area contributed by atoms with Gasteiger partial charge in [-0.15, -0.1) is 0 Å². The molecule has 0 saturated carbocycles. The summed E-state index contributed by atoms with van der Waals surface area (Å²) >= 11 is 6.02. The van der Waals surface area contributed by atoms with Gasteiger partial charge >= 0.3 is 0 Å². The minimum atomic E-state index is -4.00. The van der Waals surface area contributed by atoms with Gasteiger partial charge in [0.1, 0.15) is 0 Å². The Labute approximate surface area is 133 Å². The Hall–Kier alpha value is -1.96. The molecule has 6 nitrogen and oxygen atoms in total. The minimum Gasteiger partial charge on any atom is -0.258 e.